The maximum Gasteiger partial charge on any atom is 0.223 e. The largest absolute Gasteiger partial charge is 0.493 e. The number of alkyl halides is 1. The first-order chi connectivity index (χ1) is 9.47. The highest BCUT2D eigenvalue weighted by molar-refractivity contribution is 6.18. The monoisotopic (exact) mass is 299 g/mol. The van der Waals surface area contributed by atoms with E-state index in [4.69, 9.17) is 21.1 Å². The zero-order chi connectivity index (χ0) is 15.1. The highest BCUT2D eigenvalue weighted by atomic mass is 35.5. The summed E-state index contributed by atoms with van der Waals surface area (Å²) in [7, 11) is 3.37. The number of carbonyl (C=O) groups excluding carboxylic acids is 1. The minimum Gasteiger partial charge on any atom is -0.493 e. The van der Waals surface area contributed by atoms with Crippen LogP contribution in [-0.4, -0.2) is 36.9 Å². The molecule has 0 radical (unpaired) electrons. The van der Waals surface area contributed by atoms with Gasteiger partial charge in [-0.3, -0.25) is 4.79 Å². The number of hydrogen-bond acceptors (Lipinski definition) is 3. The molecule has 0 saturated carbocycles. The molecule has 1 aromatic rings. The van der Waals surface area contributed by atoms with E-state index in [1.165, 1.54) is 0 Å². The van der Waals surface area contributed by atoms with Crippen molar-refractivity contribution in [3.05, 3.63) is 23.8 Å². The molecule has 0 spiro atoms. The second-order valence-electron chi connectivity index (χ2n) is 4.84. The van der Waals surface area contributed by atoms with Gasteiger partial charge in [0.25, 0.3) is 0 Å². The summed E-state index contributed by atoms with van der Waals surface area (Å²) in [6, 6.07) is 5.70. The second-order valence-corrected chi connectivity index (χ2v) is 5.22. The third-order valence-corrected chi connectivity index (χ3v) is 2.93. The molecular weight excluding hydrogens is 278 g/mol. The maximum atomic E-state index is 11.7. The van der Waals surface area contributed by atoms with Crippen molar-refractivity contribution < 1.29 is 14.3 Å². The van der Waals surface area contributed by atoms with Gasteiger partial charge in [-0.15, -0.1) is 11.6 Å². The Kier molecular flexibility index (Phi) is 6.65. The predicted molar refractivity (Wildman–Crippen MR) is 80.6 cm³/mol. The lowest BCUT2D eigenvalue weighted by molar-refractivity contribution is -0.129. The van der Waals surface area contributed by atoms with E-state index < -0.39 is 0 Å². The van der Waals surface area contributed by atoms with Crippen LogP contribution in [-0.2, 0) is 11.3 Å². The molecule has 0 saturated heterocycles. The molecule has 1 amide bonds. The van der Waals surface area contributed by atoms with Gasteiger partial charge in [-0.1, -0.05) is 6.07 Å². The summed E-state index contributed by atoms with van der Waals surface area (Å²) in [5.74, 6) is 1.75. The number of rotatable bonds is 7. The number of benzene rings is 1. The molecule has 0 unspecified atom stereocenters. The zero-order valence-electron chi connectivity index (χ0n) is 12.5. The van der Waals surface area contributed by atoms with Gasteiger partial charge < -0.3 is 14.4 Å². The van der Waals surface area contributed by atoms with Crippen LogP contribution in [0, 0.1) is 0 Å². The van der Waals surface area contributed by atoms with Gasteiger partial charge in [-0.05, 0) is 31.5 Å². The van der Waals surface area contributed by atoms with E-state index in [9.17, 15) is 4.79 Å². The Balaban J connectivity index is 2.79. The summed E-state index contributed by atoms with van der Waals surface area (Å²) in [4.78, 5) is 13.4. The lowest BCUT2D eigenvalue weighted by Gasteiger charge is -2.19. The molecule has 1 rings (SSSR count). The molecule has 0 bridgehead atoms. The SMILES string of the molecule is COc1cc(CN(C)C(=O)CCCl)ccc1OC(C)C. The van der Waals surface area contributed by atoms with Gasteiger partial charge in [0.15, 0.2) is 11.5 Å². The van der Waals surface area contributed by atoms with Gasteiger partial charge >= 0.3 is 0 Å². The molecule has 20 heavy (non-hydrogen) atoms. The standard InChI is InChI=1S/C15H22ClNO3/c1-11(2)20-13-6-5-12(9-14(13)19-4)10-17(3)15(18)7-8-16/h5-6,9,11H,7-8,10H2,1-4H3. The number of hydrogen-bond donors (Lipinski definition) is 0. The molecule has 4 nitrogen and oxygen atoms in total. The predicted octanol–water partition coefficient (Wildman–Crippen LogP) is 3.07. The van der Waals surface area contributed by atoms with Crippen molar-refractivity contribution in [3.63, 3.8) is 0 Å². The minimum atomic E-state index is 0.0291. The molecule has 0 fully saturated rings. The molecule has 0 N–H and O–H groups in total. The summed E-state index contributed by atoms with van der Waals surface area (Å²) in [5.41, 5.74) is 0.989. The van der Waals surface area contributed by atoms with Gasteiger partial charge in [0, 0.05) is 25.9 Å². The summed E-state index contributed by atoms with van der Waals surface area (Å²) in [6.07, 6.45) is 0.437. The quantitative estimate of drug-likeness (QED) is 0.726. The van der Waals surface area contributed by atoms with Gasteiger partial charge in [0.2, 0.25) is 5.91 Å². The van der Waals surface area contributed by atoms with Crippen LogP contribution < -0.4 is 9.47 Å². The Morgan fingerprint density at radius 2 is 2.05 bits per heavy atom. The maximum absolute atomic E-state index is 11.7. The summed E-state index contributed by atoms with van der Waals surface area (Å²) in [5, 5.41) is 0. The first-order valence-electron chi connectivity index (χ1n) is 6.61. The molecule has 0 aliphatic rings. The molecule has 0 atom stereocenters. The molecule has 5 heteroatoms. The van der Waals surface area contributed by atoms with E-state index in [0.717, 1.165) is 5.56 Å². The van der Waals surface area contributed by atoms with Crippen LogP contribution in [0.1, 0.15) is 25.8 Å². The van der Waals surface area contributed by atoms with E-state index in [0.29, 0.717) is 30.3 Å². The Morgan fingerprint density at radius 1 is 1.35 bits per heavy atom. The lowest BCUT2D eigenvalue weighted by Crippen LogP contribution is -2.26. The zero-order valence-corrected chi connectivity index (χ0v) is 13.2. The Labute approximate surface area is 125 Å². The first kappa shape index (κ1) is 16.6. The van der Waals surface area contributed by atoms with Gasteiger partial charge in [-0.2, -0.15) is 0 Å². The second kappa shape index (κ2) is 8.00. The summed E-state index contributed by atoms with van der Waals surface area (Å²) in [6.45, 7) is 4.45. The van der Waals surface area contributed by atoms with Crippen molar-refractivity contribution in [1.29, 1.82) is 0 Å². The van der Waals surface area contributed by atoms with Gasteiger partial charge in [0.05, 0.1) is 13.2 Å². The fourth-order valence-electron chi connectivity index (χ4n) is 1.80. The smallest absolute Gasteiger partial charge is 0.223 e. The van der Waals surface area contributed by atoms with E-state index in [2.05, 4.69) is 0 Å². The summed E-state index contributed by atoms with van der Waals surface area (Å²) >= 11 is 5.58. The fourth-order valence-corrected chi connectivity index (χ4v) is 1.96. The van der Waals surface area contributed by atoms with E-state index in [1.807, 2.05) is 32.0 Å². The molecule has 1 aromatic carbocycles. The average molecular weight is 300 g/mol. The molecule has 0 aliphatic carbocycles. The van der Waals surface area contributed by atoms with E-state index in [-0.39, 0.29) is 12.0 Å². The van der Waals surface area contributed by atoms with Crippen LogP contribution >= 0.6 is 11.6 Å². The normalized spacial score (nSPS) is 10.5. The molecule has 0 aliphatic heterocycles. The number of carbonyl (C=O) groups is 1. The fraction of sp³-hybridized carbons (Fsp3) is 0.533. The highest BCUT2D eigenvalue weighted by Crippen LogP contribution is 2.29. The van der Waals surface area contributed by atoms with Crippen molar-refractivity contribution in [1.82, 2.24) is 4.90 Å². The van der Waals surface area contributed by atoms with Crippen molar-refractivity contribution in [3.8, 4) is 11.5 Å². The highest BCUT2D eigenvalue weighted by Gasteiger charge is 2.11. The molecule has 0 aromatic heterocycles. The third-order valence-electron chi connectivity index (χ3n) is 2.74. The topological polar surface area (TPSA) is 38.8 Å². The van der Waals surface area contributed by atoms with Crippen molar-refractivity contribution in [2.75, 3.05) is 20.0 Å². The number of ether oxygens (including phenoxy) is 2. The van der Waals surface area contributed by atoms with E-state index >= 15 is 0 Å². The van der Waals surface area contributed by atoms with Crippen LogP contribution in [0.4, 0.5) is 0 Å². The molecule has 0 heterocycles. The van der Waals surface area contributed by atoms with Gasteiger partial charge in [0.1, 0.15) is 0 Å². The lowest BCUT2D eigenvalue weighted by atomic mass is 10.2. The van der Waals surface area contributed by atoms with Crippen LogP contribution in [0.2, 0.25) is 0 Å². The van der Waals surface area contributed by atoms with Crippen molar-refractivity contribution in [2.24, 2.45) is 0 Å². The number of methoxy groups -OCH3 is 1. The van der Waals surface area contributed by atoms with Gasteiger partial charge in [-0.25, -0.2) is 0 Å². The van der Waals surface area contributed by atoms with Crippen molar-refractivity contribution in [2.45, 2.75) is 32.9 Å². The Hall–Kier alpha value is -1.42. The first-order valence-corrected chi connectivity index (χ1v) is 7.14. The minimum absolute atomic E-state index is 0.0291. The molecular formula is C15H22ClNO3. The van der Waals surface area contributed by atoms with Crippen LogP contribution in [0.25, 0.3) is 0 Å². The summed E-state index contributed by atoms with van der Waals surface area (Å²) < 4.78 is 11.0. The van der Waals surface area contributed by atoms with Crippen LogP contribution in [0.15, 0.2) is 18.2 Å². The molecule has 112 valence electrons. The van der Waals surface area contributed by atoms with Crippen molar-refractivity contribution >= 4 is 17.5 Å². The van der Waals surface area contributed by atoms with E-state index in [1.54, 1.807) is 19.1 Å². The number of amides is 1. The number of halogens is 1. The van der Waals surface area contributed by atoms with Crippen LogP contribution in [0.5, 0.6) is 11.5 Å². The number of nitrogens with zero attached hydrogens (tertiary/aromatic N) is 1. The Bertz CT molecular complexity index is 449. The Morgan fingerprint density at radius 3 is 2.60 bits per heavy atom. The third kappa shape index (κ3) is 4.93. The van der Waals surface area contributed by atoms with Crippen LogP contribution in [0.3, 0.4) is 0 Å². The average Bonchev–Trinajstić information content (AvgIpc) is 2.40.